The van der Waals surface area contributed by atoms with Crippen molar-refractivity contribution in [2.45, 2.75) is 39.2 Å². The highest BCUT2D eigenvalue weighted by Gasteiger charge is 2.15. The Kier molecular flexibility index (Phi) is 5.88. The minimum absolute atomic E-state index is 0.0286. The summed E-state index contributed by atoms with van der Waals surface area (Å²) in [6, 6.07) is 4.70. The van der Waals surface area contributed by atoms with Gasteiger partial charge in [-0.2, -0.15) is 0 Å². The first kappa shape index (κ1) is 16.1. The highest BCUT2D eigenvalue weighted by Crippen LogP contribution is 2.27. The molecule has 1 saturated heterocycles. The van der Waals surface area contributed by atoms with Gasteiger partial charge in [-0.15, -0.1) is 0 Å². The smallest absolute Gasteiger partial charge is 0.120 e. The molecule has 4 heteroatoms. The lowest BCUT2D eigenvalue weighted by Gasteiger charge is -2.29. The maximum absolute atomic E-state index is 9.87. The van der Waals surface area contributed by atoms with Gasteiger partial charge in [-0.1, -0.05) is 13.3 Å². The predicted octanol–water partition coefficient (Wildman–Crippen LogP) is 2.87. The van der Waals surface area contributed by atoms with Crippen LogP contribution in [0.5, 0.6) is 11.5 Å². The molecule has 21 heavy (non-hydrogen) atoms. The molecule has 2 unspecified atom stereocenters. The van der Waals surface area contributed by atoms with Crippen molar-refractivity contribution in [1.29, 1.82) is 0 Å². The average molecular weight is 292 g/mol. The summed E-state index contributed by atoms with van der Waals surface area (Å²) in [5.41, 5.74) is 0.750. The van der Waals surface area contributed by atoms with Crippen molar-refractivity contribution in [3.8, 4) is 11.5 Å². The molecule has 0 spiro atoms. The van der Waals surface area contributed by atoms with Gasteiger partial charge >= 0.3 is 0 Å². The van der Waals surface area contributed by atoms with Crippen molar-refractivity contribution < 1.29 is 10.2 Å². The van der Waals surface area contributed by atoms with Crippen LogP contribution in [-0.2, 0) is 0 Å². The molecule has 4 nitrogen and oxygen atoms in total. The van der Waals surface area contributed by atoms with Gasteiger partial charge in [0.1, 0.15) is 11.5 Å². The molecule has 3 N–H and O–H groups in total. The van der Waals surface area contributed by atoms with Gasteiger partial charge in [0.05, 0.1) is 0 Å². The molecule has 0 amide bonds. The molecule has 118 valence electrons. The number of aromatic hydroxyl groups is 2. The lowest BCUT2D eigenvalue weighted by molar-refractivity contribution is 0.197. The summed E-state index contributed by atoms with van der Waals surface area (Å²) < 4.78 is 0. The summed E-state index contributed by atoms with van der Waals surface area (Å²) in [6.45, 7) is 8.78. The van der Waals surface area contributed by atoms with E-state index in [9.17, 15) is 10.2 Å². The number of phenolic OH excluding ortho intramolecular Hbond substituents is 2. The molecule has 0 aromatic heterocycles. The van der Waals surface area contributed by atoms with Gasteiger partial charge in [0, 0.05) is 18.2 Å². The van der Waals surface area contributed by atoms with Crippen LogP contribution >= 0.6 is 0 Å². The second-order valence-electron chi connectivity index (χ2n) is 6.34. The summed E-state index contributed by atoms with van der Waals surface area (Å²) in [4.78, 5) is 2.55. The van der Waals surface area contributed by atoms with Gasteiger partial charge in [-0.25, -0.2) is 0 Å². The molecule has 1 aromatic rings. The zero-order chi connectivity index (χ0) is 15.2. The van der Waals surface area contributed by atoms with E-state index >= 15 is 0 Å². The summed E-state index contributed by atoms with van der Waals surface area (Å²) in [5.74, 6) is 0.999. The lowest BCUT2D eigenvalue weighted by atomic mass is 10.0. The van der Waals surface area contributed by atoms with E-state index in [0.717, 1.165) is 18.7 Å². The van der Waals surface area contributed by atoms with Crippen LogP contribution in [0.15, 0.2) is 18.2 Å². The molecule has 2 atom stereocenters. The SMILES string of the molecule is CC(CNC(C)c1cc(O)ccc1O)CN1CCCCC1. The second kappa shape index (κ2) is 7.66. The van der Waals surface area contributed by atoms with Crippen LogP contribution in [0.2, 0.25) is 0 Å². The molecule has 0 radical (unpaired) electrons. The van der Waals surface area contributed by atoms with Gasteiger partial charge in [0.2, 0.25) is 0 Å². The van der Waals surface area contributed by atoms with Gasteiger partial charge in [0.15, 0.2) is 0 Å². The standard InChI is InChI=1S/C17H28N2O2/c1-13(12-19-8-4-3-5-9-19)11-18-14(2)16-10-15(20)6-7-17(16)21/h6-7,10,13-14,18,20-21H,3-5,8-9,11-12H2,1-2H3. The molecular weight excluding hydrogens is 264 g/mol. The van der Waals surface area contributed by atoms with E-state index in [2.05, 4.69) is 17.1 Å². The Bertz CT molecular complexity index is 444. The number of nitrogens with zero attached hydrogens (tertiary/aromatic N) is 1. The fourth-order valence-electron chi connectivity index (χ4n) is 3.02. The van der Waals surface area contributed by atoms with E-state index in [4.69, 9.17) is 0 Å². The Morgan fingerprint density at radius 1 is 1.14 bits per heavy atom. The van der Waals surface area contributed by atoms with Crippen LogP contribution in [0.3, 0.4) is 0 Å². The largest absolute Gasteiger partial charge is 0.508 e. The topological polar surface area (TPSA) is 55.7 Å². The first-order chi connectivity index (χ1) is 10.1. The van der Waals surface area contributed by atoms with Crippen molar-refractivity contribution in [3.63, 3.8) is 0 Å². The maximum Gasteiger partial charge on any atom is 0.120 e. The lowest BCUT2D eigenvalue weighted by Crippen LogP contribution is -2.37. The Balaban J connectivity index is 1.79. The van der Waals surface area contributed by atoms with Crippen molar-refractivity contribution in [2.75, 3.05) is 26.2 Å². The summed E-state index contributed by atoms with van der Waals surface area (Å²) in [7, 11) is 0. The van der Waals surface area contributed by atoms with Crippen LogP contribution in [0.4, 0.5) is 0 Å². The van der Waals surface area contributed by atoms with Gasteiger partial charge in [-0.3, -0.25) is 0 Å². The monoisotopic (exact) mass is 292 g/mol. The minimum Gasteiger partial charge on any atom is -0.508 e. The number of phenols is 2. The number of rotatable bonds is 6. The molecular formula is C17H28N2O2. The highest BCUT2D eigenvalue weighted by atomic mass is 16.3. The van der Waals surface area contributed by atoms with Crippen molar-refractivity contribution in [1.82, 2.24) is 10.2 Å². The van der Waals surface area contributed by atoms with Gasteiger partial charge in [0.25, 0.3) is 0 Å². The molecule has 1 aromatic carbocycles. The number of hydrogen-bond acceptors (Lipinski definition) is 4. The summed E-state index contributed by atoms with van der Waals surface area (Å²) in [6.07, 6.45) is 4.03. The van der Waals surface area contributed by atoms with E-state index in [1.54, 1.807) is 12.1 Å². The van der Waals surface area contributed by atoms with Crippen molar-refractivity contribution in [2.24, 2.45) is 5.92 Å². The summed E-state index contributed by atoms with van der Waals surface area (Å²) in [5, 5.41) is 22.9. The Labute approximate surface area is 127 Å². The van der Waals surface area contributed by atoms with Crippen LogP contribution in [0.25, 0.3) is 0 Å². The fraction of sp³-hybridized carbons (Fsp3) is 0.647. The molecule has 1 aliphatic heterocycles. The van der Waals surface area contributed by atoms with Crippen LogP contribution in [0, 0.1) is 5.92 Å². The number of nitrogens with one attached hydrogen (secondary N) is 1. The molecule has 0 bridgehead atoms. The van der Waals surface area contributed by atoms with E-state index in [1.807, 2.05) is 6.92 Å². The molecule has 2 rings (SSSR count). The Hall–Kier alpha value is -1.26. The zero-order valence-corrected chi connectivity index (χ0v) is 13.2. The van der Waals surface area contributed by atoms with Gasteiger partial charge in [-0.05, 0) is 63.5 Å². The number of benzene rings is 1. The zero-order valence-electron chi connectivity index (χ0n) is 13.2. The highest BCUT2D eigenvalue weighted by molar-refractivity contribution is 5.40. The average Bonchev–Trinajstić information content (AvgIpc) is 2.48. The maximum atomic E-state index is 9.87. The van der Waals surface area contributed by atoms with E-state index in [-0.39, 0.29) is 17.5 Å². The Morgan fingerprint density at radius 2 is 1.86 bits per heavy atom. The predicted molar refractivity (Wildman–Crippen MR) is 85.6 cm³/mol. The number of piperidine rings is 1. The van der Waals surface area contributed by atoms with Crippen LogP contribution in [-0.4, -0.2) is 41.3 Å². The Morgan fingerprint density at radius 3 is 2.57 bits per heavy atom. The molecule has 1 heterocycles. The normalized spacial score (nSPS) is 19.3. The first-order valence-corrected chi connectivity index (χ1v) is 8.04. The van der Waals surface area contributed by atoms with E-state index < -0.39 is 0 Å². The van der Waals surface area contributed by atoms with Crippen LogP contribution in [0.1, 0.15) is 44.7 Å². The van der Waals surface area contributed by atoms with E-state index in [0.29, 0.717) is 5.92 Å². The molecule has 1 fully saturated rings. The molecule has 0 saturated carbocycles. The molecule has 0 aliphatic carbocycles. The second-order valence-corrected chi connectivity index (χ2v) is 6.34. The number of likely N-dealkylation sites (tertiary alicyclic amines) is 1. The first-order valence-electron chi connectivity index (χ1n) is 8.04. The van der Waals surface area contributed by atoms with Crippen LogP contribution < -0.4 is 5.32 Å². The quantitative estimate of drug-likeness (QED) is 0.706. The molecule has 1 aliphatic rings. The van der Waals surface area contributed by atoms with E-state index in [1.165, 1.54) is 38.4 Å². The summed E-state index contributed by atoms with van der Waals surface area (Å²) >= 11 is 0. The number of hydrogen-bond donors (Lipinski definition) is 3. The minimum atomic E-state index is 0.0286. The van der Waals surface area contributed by atoms with Gasteiger partial charge < -0.3 is 20.4 Å². The van der Waals surface area contributed by atoms with Crippen molar-refractivity contribution >= 4 is 0 Å². The van der Waals surface area contributed by atoms with Crippen molar-refractivity contribution in [3.05, 3.63) is 23.8 Å². The fourth-order valence-corrected chi connectivity index (χ4v) is 3.02. The third-order valence-electron chi connectivity index (χ3n) is 4.27. The third-order valence-corrected chi connectivity index (χ3v) is 4.27. The third kappa shape index (κ3) is 4.90.